The van der Waals surface area contributed by atoms with Crippen LogP contribution in [0.5, 0.6) is 0 Å². The molecular formula is C20H20N2O2S2. The number of likely N-dealkylation sites (tertiary alicyclic amines) is 1. The number of benzene rings is 2. The normalized spacial score (nSPS) is 19.0. The Bertz CT molecular complexity index is 890. The summed E-state index contributed by atoms with van der Waals surface area (Å²) in [5.74, 6) is -0.741. The number of nitrogens with zero attached hydrogens (tertiary/aromatic N) is 2. The lowest BCUT2D eigenvalue weighted by atomic mass is 10.0. The second-order valence-corrected chi connectivity index (χ2v) is 8.37. The van der Waals surface area contributed by atoms with Gasteiger partial charge in [0.05, 0.1) is 16.3 Å². The summed E-state index contributed by atoms with van der Waals surface area (Å²) in [5.41, 5.74) is 2.08. The van der Waals surface area contributed by atoms with Crippen molar-refractivity contribution in [2.45, 2.75) is 29.8 Å². The van der Waals surface area contributed by atoms with Gasteiger partial charge in [0, 0.05) is 11.4 Å². The summed E-state index contributed by atoms with van der Waals surface area (Å²) in [6, 6.07) is 16.0. The average molecular weight is 385 g/mol. The van der Waals surface area contributed by atoms with Crippen molar-refractivity contribution in [3.63, 3.8) is 0 Å². The molecule has 134 valence electrons. The van der Waals surface area contributed by atoms with Crippen LogP contribution in [0.25, 0.3) is 10.2 Å². The van der Waals surface area contributed by atoms with Crippen LogP contribution in [0.1, 0.15) is 29.5 Å². The molecule has 0 amide bonds. The molecule has 4 rings (SSSR count). The topological polar surface area (TPSA) is 53.4 Å². The number of hydrogen-bond acceptors (Lipinski definition) is 5. The number of thiazole rings is 1. The number of rotatable bonds is 5. The fourth-order valence-corrected chi connectivity index (χ4v) is 5.16. The van der Waals surface area contributed by atoms with E-state index in [1.807, 2.05) is 18.2 Å². The van der Waals surface area contributed by atoms with Gasteiger partial charge in [-0.25, -0.2) is 4.98 Å². The summed E-state index contributed by atoms with van der Waals surface area (Å²) >= 11 is 3.37. The zero-order valence-electron chi connectivity index (χ0n) is 14.5. The molecule has 1 N–H and O–H groups in total. The fourth-order valence-electron chi connectivity index (χ4n) is 3.63. The van der Waals surface area contributed by atoms with E-state index in [0.717, 1.165) is 33.8 Å². The molecule has 1 saturated heterocycles. The Hall–Kier alpha value is -1.89. The number of thioether (sulfide) groups is 1. The van der Waals surface area contributed by atoms with Gasteiger partial charge in [-0.3, -0.25) is 9.69 Å². The quantitative estimate of drug-likeness (QED) is 0.649. The molecule has 1 aromatic heterocycles. The minimum Gasteiger partial charge on any atom is -0.480 e. The molecule has 4 nitrogen and oxygen atoms in total. The van der Waals surface area contributed by atoms with Crippen LogP contribution in [-0.2, 0) is 4.79 Å². The van der Waals surface area contributed by atoms with Crippen LogP contribution in [0.2, 0.25) is 0 Å². The maximum Gasteiger partial charge on any atom is 0.320 e. The zero-order chi connectivity index (χ0) is 18.1. The van der Waals surface area contributed by atoms with Crippen LogP contribution in [0, 0.1) is 0 Å². The molecule has 0 spiro atoms. The molecule has 0 bridgehead atoms. The van der Waals surface area contributed by atoms with Gasteiger partial charge in [-0.2, -0.15) is 0 Å². The van der Waals surface area contributed by atoms with Crippen molar-refractivity contribution in [2.75, 3.05) is 12.8 Å². The predicted molar refractivity (Wildman–Crippen MR) is 107 cm³/mol. The molecule has 2 atom stereocenters. The van der Waals surface area contributed by atoms with E-state index in [2.05, 4.69) is 41.5 Å². The predicted octanol–water partition coefficient (Wildman–Crippen LogP) is 4.66. The van der Waals surface area contributed by atoms with Crippen LogP contribution in [-0.4, -0.2) is 39.8 Å². The van der Waals surface area contributed by atoms with Crippen molar-refractivity contribution in [1.82, 2.24) is 9.88 Å². The summed E-state index contributed by atoms with van der Waals surface area (Å²) in [4.78, 5) is 19.9. The molecule has 0 aliphatic carbocycles. The standard InChI is InChI=1S/C20H20N2O2S2/c1-25-14-10-8-13(9-11-14)18(22-12-4-6-16(22)20(23)24)19-21-15-5-2-3-7-17(15)26-19/h2-3,5,7-11,16,18H,4,6,12H2,1H3,(H,23,24). The first-order valence-electron chi connectivity index (χ1n) is 8.65. The molecule has 3 aromatic rings. The van der Waals surface area contributed by atoms with Crippen LogP contribution in [0.15, 0.2) is 53.4 Å². The summed E-state index contributed by atoms with van der Waals surface area (Å²) in [6.45, 7) is 0.780. The second kappa shape index (κ2) is 7.39. The third-order valence-electron chi connectivity index (χ3n) is 4.89. The molecular weight excluding hydrogens is 364 g/mol. The summed E-state index contributed by atoms with van der Waals surface area (Å²) in [5, 5.41) is 10.7. The summed E-state index contributed by atoms with van der Waals surface area (Å²) in [7, 11) is 0. The number of aliphatic carboxylic acids is 1. The smallest absolute Gasteiger partial charge is 0.320 e. The van der Waals surface area contributed by atoms with E-state index >= 15 is 0 Å². The third-order valence-corrected chi connectivity index (χ3v) is 6.72. The van der Waals surface area contributed by atoms with E-state index in [1.165, 1.54) is 4.90 Å². The van der Waals surface area contributed by atoms with Gasteiger partial charge in [0.2, 0.25) is 0 Å². The number of carboxylic acids is 1. The molecule has 26 heavy (non-hydrogen) atoms. The number of fused-ring (bicyclic) bond motifs is 1. The number of carbonyl (C=O) groups is 1. The Morgan fingerprint density at radius 3 is 2.73 bits per heavy atom. The van der Waals surface area contributed by atoms with Gasteiger partial charge in [0.25, 0.3) is 0 Å². The molecule has 6 heteroatoms. The van der Waals surface area contributed by atoms with Crippen LogP contribution in [0.4, 0.5) is 0 Å². The molecule has 2 unspecified atom stereocenters. The van der Waals surface area contributed by atoms with Crippen molar-refractivity contribution in [3.05, 3.63) is 59.1 Å². The zero-order valence-corrected chi connectivity index (χ0v) is 16.1. The SMILES string of the molecule is CSc1ccc(C(c2nc3ccccc3s2)N2CCCC2C(=O)O)cc1. The Morgan fingerprint density at radius 2 is 2.04 bits per heavy atom. The Labute approximate surface area is 160 Å². The summed E-state index contributed by atoms with van der Waals surface area (Å²) in [6.07, 6.45) is 3.65. The van der Waals surface area contributed by atoms with Crippen molar-refractivity contribution in [3.8, 4) is 0 Å². The van der Waals surface area contributed by atoms with Crippen LogP contribution < -0.4 is 0 Å². The Balaban J connectivity index is 1.81. The maximum atomic E-state index is 11.8. The lowest BCUT2D eigenvalue weighted by Crippen LogP contribution is -2.39. The van der Waals surface area contributed by atoms with E-state index in [-0.39, 0.29) is 6.04 Å². The van der Waals surface area contributed by atoms with Gasteiger partial charge >= 0.3 is 5.97 Å². The minimum absolute atomic E-state index is 0.119. The molecule has 2 heterocycles. The Kier molecular flexibility index (Phi) is 4.98. The molecule has 0 radical (unpaired) electrons. The van der Waals surface area contributed by atoms with Gasteiger partial charge in [-0.15, -0.1) is 23.1 Å². The first kappa shape index (κ1) is 17.5. The van der Waals surface area contributed by atoms with Crippen LogP contribution >= 0.6 is 23.1 Å². The van der Waals surface area contributed by atoms with Crippen molar-refractivity contribution >= 4 is 39.3 Å². The number of aromatic nitrogens is 1. The number of hydrogen-bond donors (Lipinski definition) is 1. The second-order valence-electron chi connectivity index (χ2n) is 6.43. The summed E-state index contributed by atoms with van der Waals surface area (Å²) < 4.78 is 1.14. The minimum atomic E-state index is -0.741. The van der Waals surface area contributed by atoms with E-state index in [4.69, 9.17) is 4.98 Å². The molecule has 1 fully saturated rings. The van der Waals surface area contributed by atoms with Gasteiger partial charge < -0.3 is 5.11 Å². The van der Waals surface area contributed by atoms with Gasteiger partial charge in [-0.05, 0) is 48.9 Å². The fraction of sp³-hybridized carbons (Fsp3) is 0.300. The molecule has 1 aliphatic heterocycles. The number of carboxylic acid groups (broad SMARTS) is 1. The highest BCUT2D eigenvalue weighted by Crippen LogP contribution is 2.38. The first-order chi connectivity index (χ1) is 12.7. The van der Waals surface area contributed by atoms with E-state index < -0.39 is 12.0 Å². The molecule has 0 saturated carbocycles. The molecule has 1 aliphatic rings. The maximum absolute atomic E-state index is 11.8. The van der Waals surface area contributed by atoms with E-state index in [9.17, 15) is 9.90 Å². The van der Waals surface area contributed by atoms with Crippen LogP contribution in [0.3, 0.4) is 0 Å². The number of para-hydroxylation sites is 1. The average Bonchev–Trinajstić information content (AvgIpc) is 3.29. The van der Waals surface area contributed by atoms with E-state index in [1.54, 1.807) is 23.1 Å². The molecule has 2 aromatic carbocycles. The van der Waals surface area contributed by atoms with Crippen molar-refractivity contribution in [1.29, 1.82) is 0 Å². The van der Waals surface area contributed by atoms with Crippen molar-refractivity contribution in [2.24, 2.45) is 0 Å². The van der Waals surface area contributed by atoms with Gasteiger partial charge in [0.1, 0.15) is 11.0 Å². The highest BCUT2D eigenvalue weighted by atomic mass is 32.2. The largest absolute Gasteiger partial charge is 0.480 e. The van der Waals surface area contributed by atoms with E-state index in [0.29, 0.717) is 6.42 Å². The first-order valence-corrected chi connectivity index (χ1v) is 10.7. The van der Waals surface area contributed by atoms with Gasteiger partial charge in [-0.1, -0.05) is 24.3 Å². The van der Waals surface area contributed by atoms with Crippen molar-refractivity contribution < 1.29 is 9.90 Å². The highest BCUT2D eigenvalue weighted by Gasteiger charge is 2.38. The van der Waals surface area contributed by atoms with Gasteiger partial charge in [0.15, 0.2) is 0 Å². The highest BCUT2D eigenvalue weighted by molar-refractivity contribution is 7.98. The third kappa shape index (κ3) is 3.24. The lowest BCUT2D eigenvalue weighted by Gasteiger charge is -2.30. The Morgan fingerprint density at radius 1 is 1.27 bits per heavy atom. The lowest BCUT2D eigenvalue weighted by molar-refractivity contribution is -0.142. The monoisotopic (exact) mass is 384 g/mol.